The molecule has 0 spiro atoms. The molecule has 1 aromatic heterocycles. The quantitative estimate of drug-likeness (QED) is 0.918. The van der Waals surface area contributed by atoms with Crippen molar-refractivity contribution in [3.63, 3.8) is 0 Å². The first-order chi connectivity index (χ1) is 9.13. The standard InChI is InChI=1S/C14H20N2O2S/c1-2-11(14(15)18)16-9-10(5-3-7-13(16)17)12-6-4-8-19-12/h4,6,8,10-11H,2-3,5,7,9H2,1H3,(H2,15,18). The number of nitrogens with two attached hydrogens (primary N) is 1. The van der Waals surface area contributed by atoms with E-state index in [1.807, 2.05) is 13.0 Å². The summed E-state index contributed by atoms with van der Waals surface area (Å²) in [6.45, 7) is 2.51. The van der Waals surface area contributed by atoms with Gasteiger partial charge in [0.25, 0.3) is 0 Å². The number of hydrogen-bond donors (Lipinski definition) is 1. The summed E-state index contributed by atoms with van der Waals surface area (Å²) in [6.07, 6.45) is 2.98. The Kier molecular flexibility index (Phi) is 4.58. The van der Waals surface area contributed by atoms with E-state index in [0.717, 1.165) is 12.8 Å². The molecular weight excluding hydrogens is 260 g/mol. The van der Waals surface area contributed by atoms with Crippen LogP contribution >= 0.6 is 11.3 Å². The van der Waals surface area contributed by atoms with Crippen LogP contribution in [-0.4, -0.2) is 29.3 Å². The molecule has 2 atom stereocenters. The SMILES string of the molecule is CCC(C(N)=O)N1CC(c2cccs2)CCCC1=O. The van der Waals surface area contributed by atoms with E-state index in [0.29, 0.717) is 25.3 Å². The Bertz CT molecular complexity index is 444. The van der Waals surface area contributed by atoms with Crippen LogP contribution in [0.5, 0.6) is 0 Å². The number of carbonyl (C=O) groups is 2. The zero-order valence-electron chi connectivity index (χ0n) is 11.2. The predicted molar refractivity (Wildman–Crippen MR) is 75.9 cm³/mol. The molecule has 19 heavy (non-hydrogen) atoms. The maximum Gasteiger partial charge on any atom is 0.240 e. The van der Waals surface area contributed by atoms with E-state index in [2.05, 4.69) is 11.4 Å². The summed E-state index contributed by atoms with van der Waals surface area (Å²) in [7, 11) is 0. The van der Waals surface area contributed by atoms with Crippen molar-refractivity contribution >= 4 is 23.2 Å². The summed E-state index contributed by atoms with van der Waals surface area (Å²) in [5.41, 5.74) is 5.43. The maximum absolute atomic E-state index is 12.2. The maximum atomic E-state index is 12.2. The van der Waals surface area contributed by atoms with Crippen molar-refractivity contribution in [1.82, 2.24) is 4.90 Å². The van der Waals surface area contributed by atoms with Gasteiger partial charge in [0, 0.05) is 23.8 Å². The van der Waals surface area contributed by atoms with Gasteiger partial charge in [0.05, 0.1) is 0 Å². The van der Waals surface area contributed by atoms with Gasteiger partial charge in [-0.05, 0) is 30.7 Å². The predicted octanol–water partition coefficient (Wildman–Crippen LogP) is 2.11. The minimum absolute atomic E-state index is 0.0599. The van der Waals surface area contributed by atoms with Crippen molar-refractivity contribution < 1.29 is 9.59 Å². The fraction of sp³-hybridized carbons (Fsp3) is 0.571. The minimum Gasteiger partial charge on any atom is -0.368 e. The van der Waals surface area contributed by atoms with Gasteiger partial charge in [0.2, 0.25) is 11.8 Å². The second-order valence-corrected chi connectivity index (χ2v) is 5.96. The first kappa shape index (κ1) is 14.1. The van der Waals surface area contributed by atoms with Gasteiger partial charge in [-0.1, -0.05) is 13.0 Å². The Labute approximate surface area is 117 Å². The van der Waals surface area contributed by atoms with Crippen LogP contribution in [0.3, 0.4) is 0 Å². The van der Waals surface area contributed by atoms with E-state index >= 15 is 0 Å². The summed E-state index contributed by atoms with van der Waals surface area (Å²) in [6, 6.07) is 3.67. The Hall–Kier alpha value is -1.36. The molecule has 2 heterocycles. The molecule has 1 fully saturated rings. The second-order valence-electron chi connectivity index (χ2n) is 4.98. The van der Waals surface area contributed by atoms with Crippen LogP contribution < -0.4 is 5.73 Å². The van der Waals surface area contributed by atoms with Crippen molar-refractivity contribution in [3.05, 3.63) is 22.4 Å². The fourth-order valence-electron chi connectivity index (χ4n) is 2.71. The molecule has 2 N–H and O–H groups in total. The van der Waals surface area contributed by atoms with Gasteiger partial charge in [0.1, 0.15) is 6.04 Å². The molecule has 0 radical (unpaired) electrons. The van der Waals surface area contributed by atoms with Crippen LogP contribution in [0.15, 0.2) is 17.5 Å². The number of carbonyl (C=O) groups excluding carboxylic acids is 2. The van der Waals surface area contributed by atoms with Gasteiger partial charge in [-0.2, -0.15) is 0 Å². The number of hydrogen-bond acceptors (Lipinski definition) is 3. The summed E-state index contributed by atoms with van der Waals surface area (Å²) in [5.74, 6) is -0.00719. The second kappa shape index (κ2) is 6.19. The third kappa shape index (κ3) is 3.15. The summed E-state index contributed by atoms with van der Waals surface area (Å²) in [5, 5.41) is 2.05. The van der Waals surface area contributed by atoms with E-state index in [4.69, 9.17) is 5.73 Å². The number of likely N-dealkylation sites (tertiary alicyclic amines) is 1. The van der Waals surface area contributed by atoms with E-state index < -0.39 is 11.9 Å². The molecule has 1 aliphatic rings. The van der Waals surface area contributed by atoms with Gasteiger partial charge < -0.3 is 10.6 Å². The fourth-order valence-corrected chi connectivity index (χ4v) is 3.56. The Morgan fingerprint density at radius 2 is 2.42 bits per heavy atom. The normalized spacial score (nSPS) is 22.1. The molecule has 104 valence electrons. The highest BCUT2D eigenvalue weighted by atomic mass is 32.1. The first-order valence-electron chi connectivity index (χ1n) is 6.75. The molecule has 2 unspecified atom stereocenters. The van der Waals surface area contributed by atoms with Gasteiger partial charge in [-0.25, -0.2) is 0 Å². The lowest BCUT2D eigenvalue weighted by atomic mass is 10.0. The van der Waals surface area contributed by atoms with Crippen molar-refractivity contribution in [1.29, 1.82) is 0 Å². The summed E-state index contributed by atoms with van der Waals surface area (Å²) < 4.78 is 0. The van der Waals surface area contributed by atoms with Crippen molar-refractivity contribution in [3.8, 4) is 0 Å². The summed E-state index contributed by atoms with van der Waals surface area (Å²) >= 11 is 1.72. The molecule has 0 saturated carbocycles. The number of thiophene rings is 1. The topological polar surface area (TPSA) is 63.4 Å². The van der Waals surface area contributed by atoms with Crippen molar-refractivity contribution in [2.24, 2.45) is 5.73 Å². The average molecular weight is 280 g/mol. The zero-order chi connectivity index (χ0) is 13.8. The molecule has 0 aliphatic carbocycles. The third-order valence-corrected chi connectivity index (χ3v) is 4.75. The smallest absolute Gasteiger partial charge is 0.240 e. The molecule has 1 saturated heterocycles. The van der Waals surface area contributed by atoms with Crippen molar-refractivity contribution in [2.75, 3.05) is 6.54 Å². The molecule has 2 rings (SSSR count). The first-order valence-corrected chi connectivity index (χ1v) is 7.63. The van der Waals surface area contributed by atoms with Gasteiger partial charge in [-0.15, -0.1) is 11.3 Å². The molecule has 0 bridgehead atoms. The molecule has 2 amide bonds. The highest BCUT2D eigenvalue weighted by Crippen LogP contribution is 2.31. The molecule has 1 aromatic rings. The summed E-state index contributed by atoms with van der Waals surface area (Å²) in [4.78, 5) is 26.7. The molecule has 5 heteroatoms. The van der Waals surface area contributed by atoms with Gasteiger partial charge >= 0.3 is 0 Å². The highest BCUT2D eigenvalue weighted by molar-refractivity contribution is 7.10. The van der Waals surface area contributed by atoms with Crippen LogP contribution in [0.2, 0.25) is 0 Å². The van der Waals surface area contributed by atoms with Gasteiger partial charge in [0.15, 0.2) is 0 Å². The third-order valence-electron chi connectivity index (χ3n) is 3.72. The van der Waals surface area contributed by atoms with Crippen molar-refractivity contribution in [2.45, 2.75) is 44.6 Å². The number of primary amides is 1. The largest absolute Gasteiger partial charge is 0.368 e. The molecule has 4 nitrogen and oxygen atoms in total. The lowest BCUT2D eigenvalue weighted by Crippen LogP contribution is -2.48. The van der Waals surface area contributed by atoms with Crippen LogP contribution in [0.1, 0.15) is 43.4 Å². The Balaban J connectivity index is 2.20. The zero-order valence-corrected chi connectivity index (χ0v) is 12.0. The lowest BCUT2D eigenvalue weighted by molar-refractivity contribution is -0.139. The highest BCUT2D eigenvalue weighted by Gasteiger charge is 2.31. The number of nitrogens with zero attached hydrogens (tertiary/aromatic N) is 1. The van der Waals surface area contributed by atoms with E-state index in [1.165, 1.54) is 4.88 Å². The number of rotatable bonds is 4. The minimum atomic E-state index is -0.465. The van der Waals surface area contributed by atoms with Crippen LogP contribution in [0, 0.1) is 0 Å². The van der Waals surface area contributed by atoms with Crippen LogP contribution in [-0.2, 0) is 9.59 Å². The lowest BCUT2D eigenvalue weighted by Gasteiger charge is -2.30. The molecule has 0 aromatic carbocycles. The molecular formula is C14H20N2O2S. The molecule has 1 aliphatic heterocycles. The number of amides is 2. The average Bonchev–Trinajstić information content (AvgIpc) is 2.83. The van der Waals surface area contributed by atoms with Crippen LogP contribution in [0.25, 0.3) is 0 Å². The van der Waals surface area contributed by atoms with E-state index in [-0.39, 0.29) is 5.91 Å². The van der Waals surface area contributed by atoms with E-state index in [9.17, 15) is 9.59 Å². The Morgan fingerprint density at radius 3 is 3.00 bits per heavy atom. The van der Waals surface area contributed by atoms with E-state index in [1.54, 1.807) is 16.2 Å². The monoisotopic (exact) mass is 280 g/mol. The Morgan fingerprint density at radius 1 is 1.63 bits per heavy atom. The van der Waals surface area contributed by atoms with Crippen LogP contribution in [0.4, 0.5) is 0 Å². The van der Waals surface area contributed by atoms with Gasteiger partial charge in [-0.3, -0.25) is 9.59 Å².